The maximum atomic E-state index is 3.94. The van der Waals surface area contributed by atoms with Crippen molar-refractivity contribution in [1.29, 1.82) is 0 Å². The molecule has 1 aromatic rings. The Morgan fingerprint density at radius 3 is 2.44 bits per heavy atom. The highest BCUT2D eigenvalue weighted by Crippen LogP contribution is 2.08. The standard InChI is InChI=1S/C15H19N/c1-4-14(3)16-15-10-8-6-5-7-9-13(2)11-12-15/h5-12,16H,3-4H2,1-2H3. The lowest BCUT2D eigenvalue weighted by molar-refractivity contribution is 1.11. The first-order valence-corrected chi connectivity index (χ1v) is 5.57. The van der Waals surface area contributed by atoms with E-state index in [2.05, 4.69) is 43.9 Å². The third kappa shape index (κ3) is 4.65. The molecular weight excluding hydrogens is 194 g/mol. The molecular formula is C15H19N. The van der Waals surface area contributed by atoms with Gasteiger partial charge in [-0.1, -0.05) is 55.5 Å². The number of allylic oxidation sites excluding steroid dienone is 1. The van der Waals surface area contributed by atoms with Gasteiger partial charge in [0.25, 0.3) is 0 Å². The Labute approximate surface area is 98.2 Å². The minimum Gasteiger partial charge on any atom is -0.359 e. The quantitative estimate of drug-likeness (QED) is 0.782. The summed E-state index contributed by atoms with van der Waals surface area (Å²) in [5, 5.41) is 3.28. The SMILES string of the molecule is C=C(CC)Nc1ccccccc(C)cc1. The van der Waals surface area contributed by atoms with Crippen molar-refractivity contribution in [3.63, 3.8) is 0 Å². The Hall–Kier alpha value is -1.76. The second-order valence-corrected chi connectivity index (χ2v) is 3.72. The van der Waals surface area contributed by atoms with Gasteiger partial charge in [-0.3, -0.25) is 0 Å². The molecule has 0 aliphatic heterocycles. The van der Waals surface area contributed by atoms with Crippen molar-refractivity contribution >= 4 is 5.69 Å². The van der Waals surface area contributed by atoms with Gasteiger partial charge in [0, 0.05) is 11.4 Å². The van der Waals surface area contributed by atoms with Crippen LogP contribution in [0, 0.1) is 6.92 Å². The first-order chi connectivity index (χ1) is 7.72. The molecule has 0 radical (unpaired) electrons. The Kier molecular flexibility index (Phi) is 5.13. The molecule has 0 heterocycles. The van der Waals surface area contributed by atoms with Crippen molar-refractivity contribution in [2.45, 2.75) is 20.3 Å². The second-order valence-electron chi connectivity index (χ2n) is 3.72. The highest BCUT2D eigenvalue weighted by molar-refractivity contribution is 5.46. The van der Waals surface area contributed by atoms with Crippen LogP contribution in [-0.4, -0.2) is 0 Å². The van der Waals surface area contributed by atoms with Crippen LogP contribution in [0.15, 0.2) is 60.8 Å². The smallest absolute Gasteiger partial charge is 0.0381 e. The monoisotopic (exact) mass is 213 g/mol. The van der Waals surface area contributed by atoms with E-state index in [0.717, 1.165) is 17.8 Å². The number of rotatable bonds is 3. The Morgan fingerprint density at radius 2 is 1.75 bits per heavy atom. The van der Waals surface area contributed by atoms with E-state index in [1.807, 2.05) is 30.3 Å². The van der Waals surface area contributed by atoms with Crippen LogP contribution in [-0.2, 0) is 0 Å². The predicted octanol–water partition coefficient (Wildman–Crippen LogP) is 4.46. The van der Waals surface area contributed by atoms with Gasteiger partial charge >= 0.3 is 0 Å². The molecule has 1 aromatic carbocycles. The fourth-order valence-electron chi connectivity index (χ4n) is 1.20. The van der Waals surface area contributed by atoms with Crippen molar-refractivity contribution in [2.24, 2.45) is 0 Å². The van der Waals surface area contributed by atoms with Crippen LogP contribution in [0.5, 0.6) is 0 Å². The molecule has 1 nitrogen and oxygen atoms in total. The third-order valence-electron chi connectivity index (χ3n) is 2.24. The van der Waals surface area contributed by atoms with E-state index in [4.69, 9.17) is 0 Å². The zero-order valence-electron chi connectivity index (χ0n) is 10.0. The van der Waals surface area contributed by atoms with E-state index >= 15 is 0 Å². The molecule has 0 fully saturated rings. The summed E-state index contributed by atoms with van der Waals surface area (Å²) in [4.78, 5) is 0. The highest BCUT2D eigenvalue weighted by atomic mass is 14.9. The van der Waals surface area contributed by atoms with Crippen molar-refractivity contribution in [1.82, 2.24) is 0 Å². The molecule has 1 rings (SSSR count). The topological polar surface area (TPSA) is 12.0 Å². The summed E-state index contributed by atoms with van der Waals surface area (Å²) in [6, 6.07) is 16.4. The van der Waals surface area contributed by atoms with Crippen molar-refractivity contribution in [3.8, 4) is 0 Å². The zero-order valence-corrected chi connectivity index (χ0v) is 10.0. The molecule has 0 unspecified atom stereocenters. The van der Waals surface area contributed by atoms with Crippen LogP contribution in [0.3, 0.4) is 0 Å². The molecule has 0 aliphatic rings. The van der Waals surface area contributed by atoms with E-state index in [1.54, 1.807) is 0 Å². The van der Waals surface area contributed by atoms with Gasteiger partial charge in [-0.15, -0.1) is 0 Å². The van der Waals surface area contributed by atoms with Gasteiger partial charge in [0.1, 0.15) is 0 Å². The average molecular weight is 213 g/mol. The van der Waals surface area contributed by atoms with Gasteiger partial charge in [0.05, 0.1) is 0 Å². The molecule has 0 spiro atoms. The molecule has 1 heteroatoms. The van der Waals surface area contributed by atoms with E-state index in [1.165, 1.54) is 5.56 Å². The van der Waals surface area contributed by atoms with Gasteiger partial charge in [-0.05, 0) is 25.5 Å². The lowest BCUT2D eigenvalue weighted by atomic mass is 10.2. The summed E-state index contributed by atoms with van der Waals surface area (Å²) in [5.41, 5.74) is 3.31. The van der Waals surface area contributed by atoms with Crippen LogP contribution in [0.25, 0.3) is 0 Å². The molecule has 0 amide bonds. The minimum atomic E-state index is 0.934. The van der Waals surface area contributed by atoms with Gasteiger partial charge in [-0.25, -0.2) is 0 Å². The Balaban J connectivity index is 3.05. The van der Waals surface area contributed by atoms with Crippen LogP contribution >= 0.6 is 0 Å². The summed E-state index contributed by atoms with van der Waals surface area (Å²) < 4.78 is 0. The fraction of sp³-hybridized carbons (Fsp3) is 0.200. The van der Waals surface area contributed by atoms with E-state index in [-0.39, 0.29) is 0 Å². The maximum Gasteiger partial charge on any atom is 0.0381 e. The van der Waals surface area contributed by atoms with E-state index in [0.29, 0.717) is 0 Å². The number of aryl methyl sites for hydroxylation is 1. The minimum absolute atomic E-state index is 0.934. The van der Waals surface area contributed by atoms with Gasteiger partial charge in [0.2, 0.25) is 0 Å². The lowest BCUT2D eigenvalue weighted by Gasteiger charge is -2.05. The molecule has 0 atom stereocenters. The average Bonchev–Trinajstić information content (AvgIpc) is 2.29. The number of anilines is 1. The largest absolute Gasteiger partial charge is 0.359 e. The molecule has 16 heavy (non-hydrogen) atoms. The van der Waals surface area contributed by atoms with Crippen molar-refractivity contribution in [3.05, 3.63) is 66.4 Å². The van der Waals surface area contributed by atoms with Gasteiger partial charge in [0.15, 0.2) is 0 Å². The first-order valence-electron chi connectivity index (χ1n) is 5.57. The lowest BCUT2D eigenvalue weighted by Crippen LogP contribution is -1.94. The Bertz CT molecular complexity index is 406. The number of hydrogen-bond donors (Lipinski definition) is 1. The van der Waals surface area contributed by atoms with Crippen molar-refractivity contribution < 1.29 is 0 Å². The molecule has 0 bridgehead atoms. The van der Waals surface area contributed by atoms with Crippen LogP contribution < -0.4 is 5.32 Å². The Morgan fingerprint density at radius 1 is 1.06 bits per heavy atom. The summed E-state index contributed by atoms with van der Waals surface area (Å²) in [6.45, 7) is 8.11. The summed E-state index contributed by atoms with van der Waals surface area (Å²) in [5.74, 6) is 0. The molecule has 1 N–H and O–H groups in total. The maximum absolute atomic E-state index is 3.94. The molecule has 0 saturated heterocycles. The van der Waals surface area contributed by atoms with E-state index in [9.17, 15) is 0 Å². The predicted molar refractivity (Wildman–Crippen MR) is 71.9 cm³/mol. The third-order valence-corrected chi connectivity index (χ3v) is 2.24. The zero-order chi connectivity index (χ0) is 11.8. The second kappa shape index (κ2) is 6.67. The number of nitrogens with one attached hydrogen (secondary N) is 1. The van der Waals surface area contributed by atoms with Gasteiger partial charge < -0.3 is 5.32 Å². The van der Waals surface area contributed by atoms with Crippen LogP contribution in [0.4, 0.5) is 5.69 Å². The van der Waals surface area contributed by atoms with E-state index < -0.39 is 0 Å². The normalized spacial score (nSPS) is 9.12. The summed E-state index contributed by atoms with van der Waals surface area (Å²) in [7, 11) is 0. The van der Waals surface area contributed by atoms with Crippen LogP contribution in [0.1, 0.15) is 18.9 Å². The summed E-state index contributed by atoms with van der Waals surface area (Å²) >= 11 is 0. The molecule has 84 valence electrons. The first kappa shape index (κ1) is 12.3. The highest BCUT2D eigenvalue weighted by Gasteiger charge is 1.89. The molecule has 0 saturated carbocycles. The van der Waals surface area contributed by atoms with Crippen LogP contribution in [0.2, 0.25) is 0 Å². The van der Waals surface area contributed by atoms with Gasteiger partial charge in [-0.2, -0.15) is 0 Å². The number of hydrogen-bond acceptors (Lipinski definition) is 1. The molecule has 0 aromatic heterocycles. The summed E-state index contributed by atoms with van der Waals surface area (Å²) in [6.07, 6.45) is 0.934. The fourth-order valence-corrected chi connectivity index (χ4v) is 1.20. The van der Waals surface area contributed by atoms with Crippen molar-refractivity contribution in [2.75, 3.05) is 5.32 Å². The molecule has 0 aliphatic carbocycles.